The van der Waals surface area contributed by atoms with Crippen LogP contribution in [0.1, 0.15) is 10.4 Å². The largest absolute Gasteiger partial charge is 0.497 e. The number of carbonyl (C=O) groups excluding carboxylic acids is 1. The minimum atomic E-state index is -0.562. The average molecular weight is 469 g/mol. The van der Waals surface area contributed by atoms with Gasteiger partial charge in [-0.15, -0.1) is 0 Å². The van der Waals surface area contributed by atoms with Gasteiger partial charge >= 0.3 is 0 Å². The molecule has 180 valence electrons. The first-order valence-corrected chi connectivity index (χ1v) is 10.9. The van der Waals surface area contributed by atoms with Crippen molar-refractivity contribution in [1.82, 2.24) is 9.97 Å². The summed E-state index contributed by atoms with van der Waals surface area (Å²) in [5.74, 6) is 2.23. The lowest BCUT2D eigenvalue weighted by Gasteiger charge is -2.29. The number of methoxy groups -OCH3 is 3. The van der Waals surface area contributed by atoms with Gasteiger partial charge < -0.3 is 34.3 Å². The van der Waals surface area contributed by atoms with E-state index >= 15 is 0 Å². The molecule has 1 aliphatic heterocycles. The first kappa shape index (κ1) is 23.5. The standard InChI is InChI=1S/C24H28N4O6/c1-30-8-9-34-21-14-19-18(13-20(21)32-3)24(28-4-6-33-7-5-28)27-23(26-19)16-10-15(22(25)29)11-17(12-16)31-2/h10-14H,4-9H2,1-3H3,(H2,25,29). The van der Waals surface area contributed by atoms with Gasteiger partial charge in [-0.25, -0.2) is 9.97 Å². The van der Waals surface area contributed by atoms with Crippen molar-refractivity contribution in [3.05, 3.63) is 35.9 Å². The van der Waals surface area contributed by atoms with Gasteiger partial charge in [-0.3, -0.25) is 4.79 Å². The van der Waals surface area contributed by atoms with E-state index in [1.54, 1.807) is 32.4 Å². The molecule has 10 nitrogen and oxygen atoms in total. The number of nitrogens with two attached hydrogens (primary N) is 1. The van der Waals surface area contributed by atoms with Crippen LogP contribution in [0, 0.1) is 0 Å². The predicted molar refractivity (Wildman–Crippen MR) is 127 cm³/mol. The maximum Gasteiger partial charge on any atom is 0.248 e. The van der Waals surface area contributed by atoms with Gasteiger partial charge in [0.2, 0.25) is 5.91 Å². The second kappa shape index (κ2) is 10.5. The van der Waals surface area contributed by atoms with Crippen LogP contribution < -0.4 is 24.8 Å². The number of rotatable bonds is 9. The third kappa shape index (κ3) is 4.97. The lowest BCUT2D eigenvalue weighted by atomic mass is 10.1. The molecule has 0 radical (unpaired) electrons. The summed E-state index contributed by atoms with van der Waals surface area (Å²) in [6, 6.07) is 8.73. The monoisotopic (exact) mass is 468 g/mol. The molecular weight excluding hydrogens is 440 g/mol. The number of fused-ring (bicyclic) bond motifs is 1. The van der Waals surface area contributed by atoms with Crippen LogP contribution in [0.5, 0.6) is 17.2 Å². The van der Waals surface area contributed by atoms with Gasteiger partial charge in [0.05, 0.1) is 39.6 Å². The first-order chi connectivity index (χ1) is 16.5. The van der Waals surface area contributed by atoms with Gasteiger partial charge in [0, 0.05) is 42.8 Å². The third-order valence-corrected chi connectivity index (χ3v) is 5.50. The van der Waals surface area contributed by atoms with E-state index in [-0.39, 0.29) is 0 Å². The smallest absolute Gasteiger partial charge is 0.248 e. The molecule has 1 amide bonds. The Hall–Kier alpha value is -3.63. The number of nitrogens with zero attached hydrogens (tertiary/aromatic N) is 3. The van der Waals surface area contributed by atoms with Gasteiger partial charge in [-0.05, 0) is 24.3 Å². The molecule has 3 aromatic rings. The Bertz CT molecular complexity index is 1180. The normalized spacial score (nSPS) is 13.7. The molecule has 0 bridgehead atoms. The van der Waals surface area contributed by atoms with Gasteiger partial charge in [0.25, 0.3) is 0 Å². The van der Waals surface area contributed by atoms with Crippen LogP contribution in [0.25, 0.3) is 22.3 Å². The van der Waals surface area contributed by atoms with Crippen LogP contribution in [0.15, 0.2) is 30.3 Å². The zero-order valence-corrected chi connectivity index (χ0v) is 19.5. The highest BCUT2D eigenvalue weighted by Crippen LogP contribution is 2.37. The van der Waals surface area contributed by atoms with Crippen molar-refractivity contribution in [3.8, 4) is 28.6 Å². The molecule has 0 aliphatic carbocycles. The Morgan fingerprint density at radius 1 is 1.00 bits per heavy atom. The van der Waals surface area contributed by atoms with E-state index in [9.17, 15) is 4.79 Å². The van der Waals surface area contributed by atoms with Crippen molar-refractivity contribution in [2.45, 2.75) is 0 Å². The van der Waals surface area contributed by atoms with Crippen LogP contribution in [-0.2, 0) is 9.47 Å². The number of morpholine rings is 1. The Kier molecular flexibility index (Phi) is 7.29. The second-order valence-electron chi connectivity index (χ2n) is 7.65. The van der Waals surface area contributed by atoms with Crippen molar-refractivity contribution >= 4 is 22.6 Å². The van der Waals surface area contributed by atoms with E-state index in [0.717, 1.165) is 11.2 Å². The Balaban J connectivity index is 1.90. The average Bonchev–Trinajstić information content (AvgIpc) is 2.87. The number of primary amides is 1. The quantitative estimate of drug-likeness (QED) is 0.472. The number of amides is 1. The van der Waals surface area contributed by atoms with Crippen molar-refractivity contribution in [1.29, 1.82) is 0 Å². The number of carbonyl (C=O) groups is 1. The molecule has 34 heavy (non-hydrogen) atoms. The molecule has 2 aromatic carbocycles. The minimum absolute atomic E-state index is 0.310. The van der Waals surface area contributed by atoms with E-state index in [0.29, 0.717) is 79.2 Å². The fourth-order valence-electron chi connectivity index (χ4n) is 3.76. The molecular formula is C24H28N4O6. The molecule has 2 N–H and O–H groups in total. The lowest BCUT2D eigenvalue weighted by Crippen LogP contribution is -2.37. The van der Waals surface area contributed by atoms with E-state index in [2.05, 4.69) is 4.90 Å². The number of hydrogen-bond donors (Lipinski definition) is 1. The van der Waals surface area contributed by atoms with E-state index in [1.165, 1.54) is 7.11 Å². The van der Waals surface area contributed by atoms with Crippen LogP contribution in [0.2, 0.25) is 0 Å². The second-order valence-corrected chi connectivity index (χ2v) is 7.65. The molecule has 1 fully saturated rings. The zero-order valence-electron chi connectivity index (χ0n) is 19.5. The molecule has 1 aliphatic rings. The highest BCUT2D eigenvalue weighted by molar-refractivity contribution is 5.96. The molecule has 0 spiro atoms. The fourth-order valence-corrected chi connectivity index (χ4v) is 3.76. The summed E-state index contributed by atoms with van der Waals surface area (Å²) >= 11 is 0. The van der Waals surface area contributed by atoms with Gasteiger partial charge in [0.1, 0.15) is 18.2 Å². The summed E-state index contributed by atoms with van der Waals surface area (Å²) < 4.78 is 27.4. The fraction of sp³-hybridized carbons (Fsp3) is 0.375. The molecule has 2 heterocycles. The topological polar surface area (TPSA) is 118 Å². The van der Waals surface area contributed by atoms with Crippen LogP contribution in [-0.4, -0.2) is 76.7 Å². The summed E-state index contributed by atoms with van der Waals surface area (Å²) in [5, 5.41) is 0.819. The highest BCUT2D eigenvalue weighted by atomic mass is 16.5. The first-order valence-electron chi connectivity index (χ1n) is 10.9. The molecule has 10 heteroatoms. The zero-order chi connectivity index (χ0) is 24.1. The molecule has 0 saturated carbocycles. The Morgan fingerprint density at radius 2 is 1.79 bits per heavy atom. The van der Waals surface area contributed by atoms with Crippen molar-refractivity contribution in [2.75, 3.05) is 65.7 Å². The van der Waals surface area contributed by atoms with Crippen LogP contribution in [0.3, 0.4) is 0 Å². The van der Waals surface area contributed by atoms with Crippen LogP contribution in [0.4, 0.5) is 5.82 Å². The van der Waals surface area contributed by atoms with Crippen LogP contribution >= 0.6 is 0 Å². The van der Waals surface area contributed by atoms with E-state index in [4.69, 9.17) is 39.4 Å². The van der Waals surface area contributed by atoms with Crippen molar-refractivity contribution in [3.63, 3.8) is 0 Å². The molecule has 4 rings (SSSR count). The molecule has 1 aromatic heterocycles. The van der Waals surface area contributed by atoms with Crippen molar-refractivity contribution in [2.24, 2.45) is 5.73 Å². The van der Waals surface area contributed by atoms with Crippen molar-refractivity contribution < 1.29 is 28.5 Å². The number of anilines is 1. The highest BCUT2D eigenvalue weighted by Gasteiger charge is 2.21. The third-order valence-electron chi connectivity index (χ3n) is 5.50. The number of aromatic nitrogens is 2. The molecule has 0 atom stereocenters. The lowest BCUT2D eigenvalue weighted by molar-refractivity contribution is 0.1000. The SMILES string of the molecule is COCCOc1cc2nc(-c3cc(OC)cc(C(N)=O)c3)nc(N3CCOCC3)c2cc1OC. The summed E-state index contributed by atoms with van der Waals surface area (Å²) in [6.07, 6.45) is 0. The number of ether oxygens (including phenoxy) is 5. The number of hydrogen-bond acceptors (Lipinski definition) is 9. The van der Waals surface area contributed by atoms with Gasteiger partial charge in [-0.1, -0.05) is 0 Å². The summed E-state index contributed by atoms with van der Waals surface area (Å²) in [5.41, 5.74) is 7.13. The summed E-state index contributed by atoms with van der Waals surface area (Å²) in [6.45, 7) is 3.37. The Morgan fingerprint density at radius 3 is 2.47 bits per heavy atom. The molecule has 1 saturated heterocycles. The van der Waals surface area contributed by atoms with E-state index in [1.807, 2.05) is 12.1 Å². The minimum Gasteiger partial charge on any atom is -0.497 e. The Labute approximate surface area is 197 Å². The maximum absolute atomic E-state index is 11.9. The maximum atomic E-state index is 11.9. The van der Waals surface area contributed by atoms with Gasteiger partial charge in [0.15, 0.2) is 17.3 Å². The summed E-state index contributed by atoms with van der Waals surface area (Å²) in [4.78, 5) is 23.7. The molecule has 0 unspecified atom stereocenters. The predicted octanol–water partition coefficient (Wildman–Crippen LogP) is 2.27. The summed E-state index contributed by atoms with van der Waals surface area (Å²) in [7, 11) is 4.74. The number of benzene rings is 2. The van der Waals surface area contributed by atoms with Gasteiger partial charge in [-0.2, -0.15) is 0 Å². The van der Waals surface area contributed by atoms with E-state index < -0.39 is 5.91 Å².